The van der Waals surface area contributed by atoms with E-state index in [0.29, 0.717) is 42.0 Å². The van der Waals surface area contributed by atoms with E-state index in [1.165, 1.54) is 22.2 Å². The van der Waals surface area contributed by atoms with Crippen molar-refractivity contribution in [3.8, 4) is 5.75 Å². The maximum absolute atomic E-state index is 12.8. The minimum atomic E-state index is -0.459. The molecule has 7 heteroatoms. The van der Waals surface area contributed by atoms with Crippen molar-refractivity contribution in [3.63, 3.8) is 0 Å². The summed E-state index contributed by atoms with van der Waals surface area (Å²) in [4.78, 5) is 30.0. The van der Waals surface area contributed by atoms with Crippen molar-refractivity contribution in [1.29, 1.82) is 0 Å². The molecule has 6 nitrogen and oxygen atoms in total. The van der Waals surface area contributed by atoms with Crippen molar-refractivity contribution in [2.75, 3.05) is 13.2 Å². The van der Waals surface area contributed by atoms with Crippen molar-refractivity contribution in [2.24, 2.45) is 0 Å². The number of carbonyl (C=O) groups is 1. The summed E-state index contributed by atoms with van der Waals surface area (Å²) < 4.78 is 12.5. The highest BCUT2D eigenvalue weighted by molar-refractivity contribution is 7.17. The summed E-state index contributed by atoms with van der Waals surface area (Å²) in [5.74, 6) is 0.356. The summed E-state index contributed by atoms with van der Waals surface area (Å²) in [6.45, 7) is 5.35. The summed E-state index contributed by atoms with van der Waals surface area (Å²) in [6.07, 6.45) is 3.93. The molecule has 1 aromatic carbocycles. The van der Waals surface area contributed by atoms with E-state index in [1.807, 2.05) is 38.1 Å². The van der Waals surface area contributed by atoms with Gasteiger partial charge in [0.2, 0.25) is 0 Å². The van der Waals surface area contributed by atoms with Crippen molar-refractivity contribution in [2.45, 2.75) is 39.7 Å². The molecule has 3 rings (SSSR count). The van der Waals surface area contributed by atoms with Gasteiger partial charge in [-0.1, -0.05) is 25.5 Å². The summed E-state index contributed by atoms with van der Waals surface area (Å²) in [5, 5.41) is 1.99. The first-order valence-electron chi connectivity index (χ1n) is 9.43. The van der Waals surface area contributed by atoms with Gasteiger partial charge in [0.25, 0.3) is 5.56 Å². The zero-order valence-electron chi connectivity index (χ0n) is 16.1. The highest BCUT2D eigenvalue weighted by Crippen LogP contribution is 2.21. The van der Waals surface area contributed by atoms with E-state index in [0.717, 1.165) is 24.2 Å². The predicted molar refractivity (Wildman–Crippen MR) is 110 cm³/mol. The van der Waals surface area contributed by atoms with E-state index in [9.17, 15) is 9.59 Å². The normalized spacial score (nSPS) is 10.9. The number of hydrogen-bond acceptors (Lipinski definition) is 6. The van der Waals surface area contributed by atoms with E-state index in [1.54, 1.807) is 5.38 Å². The Hall–Kier alpha value is -2.67. The fourth-order valence-electron chi connectivity index (χ4n) is 2.79. The van der Waals surface area contributed by atoms with E-state index in [2.05, 4.69) is 4.98 Å². The molecule has 0 aliphatic heterocycles. The molecule has 0 amide bonds. The minimum absolute atomic E-state index is 0.218. The van der Waals surface area contributed by atoms with Gasteiger partial charge in [0.15, 0.2) is 0 Å². The molecular weight excluding hydrogens is 376 g/mol. The largest absolute Gasteiger partial charge is 0.494 e. The van der Waals surface area contributed by atoms with Gasteiger partial charge in [-0.05, 0) is 37.5 Å². The van der Waals surface area contributed by atoms with Crippen molar-refractivity contribution < 1.29 is 14.3 Å². The Bertz CT molecular complexity index is 1010. The van der Waals surface area contributed by atoms with Crippen LogP contribution in [0.2, 0.25) is 0 Å². The van der Waals surface area contributed by atoms with Crippen LogP contribution in [0, 0.1) is 6.92 Å². The molecule has 28 heavy (non-hydrogen) atoms. The Morgan fingerprint density at radius 1 is 1.25 bits per heavy atom. The second-order valence-electron chi connectivity index (χ2n) is 6.58. The zero-order chi connectivity index (χ0) is 19.9. The SMILES string of the molecule is CCCCOC(=O)c1csc2ncn(CCCOc3cccc(C)c3)c(=O)c12. The summed E-state index contributed by atoms with van der Waals surface area (Å²) in [6, 6.07) is 7.85. The number of unbranched alkanes of at least 4 members (excludes halogenated alkanes) is 1. The molecule has 2 heterocycles. The molecule has 0 spiro atoms. The molecule has 0 radical (unpaired) electrons. The third-order valence-electron chi connectivity index (χ3n) is 4.31. The quantitative estimate of drug-likeness (QED) is 0.398. The fourth-order valence-corrected chi connectivity index (χ4v) is 3.66. The van der Waals surface area contributed by atoms with Crippen LogP contribution in [-0.2, 0) is 11.3 Å². The van der Waals surface area contributed by atoms with E-state index in [-0.39, 0.29) is 5.56 Å². The number of benzene rings is 1. The second kappa shape index (κ2) is 9.50. The van der Waals surface area contributed by atoms with Crippen LogP contribution in [0.5, 0.6) is 5.75 Å². The summed E-state index contributed by atoms with van der Waals surface area (Å²) in [7, 11) is 0. The van der Waals surface area contributed by atoms with Crippen LogP contribution in [0.3, 0.4) is 0 Å². The number of carbonyl (C=O) groups excluding carboxylic acids is 1. The minimum Gasteiger partial charge on any atom is -0.494 e. The Labute approximate surface area is 167 Å². The lowest BCUT2D eigenvalue weighted by Gasteiger charge is -2.08. The molecule has 0 N–H and O–H groups in total. The van der Waals surface area contributed by atoms with Crippen LogP contribution in [0.25, 0.3) is 10.2 Å². The number of hydrogen-bond donors (Lipinski definition) is 0. The van der Waals surface area contributed by atoms with Crippen LogP contribution in [0.4, 0.5) is 0 Å². The lowest BCUT2D eigenvalue weighted by atomic mass is 10.2. The van der Waals surface area contributed by atoms with Crippen LogP contribution < -0.4 is 10.3 Å². The number of esters is 1. The highest BCUT2D eigenvalue weighted by atomic mass is 32.1. The van der Waals surface area contributed by atoms with E-state index >= 15 is 0 Å². The lowest BCUT2D eigenvalue weighted by molar-refractivity contribution is 0.0502. The van der Waals surface area contributed by atoms with Gasteiger partial charge in [-0.15, -0.1) is 11.3 Å². The van der Waals surface area contributed by atoms with Gasteiger partial charge in [-0.2, -0.15) is 0 Å². The topological polar surface area (TPSA) is 70.4 Å². The van der Waals surface area contributed by atoms with Gasteiger partial charge < -0.3 is 9.47 Å². The standard InChI is InChI=1S/C21H24N2O4S/c1-3-4-10-27-21(25)17-13-28-19-18(17)20(24)23(14-22-19)9-6-11-26-16-8-5-7-15(2)12-16/h5,7-8,12-14H,3-4,6,9-11H2,1-2H3. The maximum Gasteiger partial charge on any atom is 0.339 e. The van der Waals surface area contributed by atoms with Gasteiger partial charge in [0.1, 0.15) is 10.6 Å². The fraction of sp³-hybridized carbons (Fsp3) is 0.381. The molecule has 0 unspecified atom stereocenters. The average Bonchev–Trinajstić information content (AvgIpc) is 3.12. The first kappa shape index (κ1) is 20.1. The number of nitrogens with zero attached hydrogens (tertiary/aromatic N) is 2. The molecule has 0 aliphatic rings. The van der Waals surface area contributed by atoms with Gasteiger partial charge >= 0.3 is 5.97 Å². The molecule has 0 saturated heterocycles. The van der Waals surface area contributed by atoms with Gasteiger partial charge in [0, 0.05) is 11.9 Å². The van der Waals surface area contributed by atoms with Crippen LogP contribution >= 0.6 is 11.3 Å². The third-order valence-corrected chi connectivity index (χ3v) is 5.20. The molecule has 148 valence electrons. The van der Waals surface area contributed by atoms with Gasteiger partial charge in [-0.25, -0.2) is 9.78 Å². The number of fused-ring (bicyclic) bond motifs is 1. The Morgan fingerprint density at radius 2 is 2.11 bits per heavy atom. The monoisotopic (exact) mass is 400 g/mol. The number of aromatic nitrogens is 2. The van der Waals surface area contributed by atoms with Crippen LogP contribution in [0.15, 0.2) is 40.8 Å². The number of aryl methyl sites for hydroxylation is 2. The molecule has 0 aliphatic carbocycles. The molecule has 0 saturated carbocycles. The van der Waals surface area contributed by atoms with Crippen molar-refractivity contribution in [3.05, 3.63) is 57.5 Å². The molecular formula is C21H24N2O4S. The molecule has 3 aromatic rings. The zero-order valence-corrected chi connectivity index (χ0v) is 17.0. The third kappa shape index (κ3) is 4.78. The lowest BCUT2D eigenvalue weighted by Crippen LogP contribution is -2.22. The molecule has 0 fully saturated rings. The average molecular weight is 401 g/mol. The van der Waals surface area contributed by atoms with Crippen LogP contribution in [0.1, 0.15) is 42.1 Å². The Balaban J connectivity index is 1.67. The first-order valence-corrected chi connectivity index (χ1v) is 10.3. The van der Waals surface area contributed by atoms with Crippen molar-refractivity contribution >= 4 is 27.5 Å². The van der Waals surface area contributed by atoms with Crippen LogP contribution in [-0.4, -0.2) is 28.7 Å². The molecule has 0 bridgehead atoms. The Kier molecular flexibility index (Phi) is 6.81. The number of ether oxygens (including phenoxy) is 2. The molecule has 2 aromatic heterocycles. The first-order chi connectivity index (χ1) is 13.6. The van der Waals surface area contributed by atoms with Crippen molar-refractivity contribution in [1.82, 2.24) is 9.55 Å². The predicted octanol–water partition coefficient (Wildman–Crippen LogP) is 4.19. The van der Waals surface area contributed by atoms with E-state index < -0.39 is 5.97 Å². The molecule has 0 atom stereocenters. The maximum atomic E-state index is 12.8. The smallest absolute Gasteiger partial charge is 0.339 e. The van der Waals surface area contributed by atoms with E-state index in [4.69, 9.17) is 9.47 Å². The second-order valence-corrected chi connectivity index (χ2v) is 7.44. The van der Waals surface area contributed by atoms with Gasteiger partial charge in [0.05, 0.1) is 30.5 Å². The number of rotatable bonds is 9. The highest BCUT2D eigenvalue weighted by Gasteiger charge is 2.18. The summed E-state index contributed by atoms with van der Waals surface area (Å²) >= 11 is 1.28. The number of thiophene rings is 1. The Morgan fingerprint density at radius 3 is 2.89 bits per heavy atom. The van der Waals surface area contributed by atoms with Gasteiger partial charge in [-0.3, -0.25) is 9.36 Å². The summed E-state index contributed by atoms with van der Waals surface area (Å²) in [5.41, 5.74) is 1.22.